The lowest BCUT2D eigenvalue weighted by atomic mass is 10.0. The minimum Gasteiger partial charge on any atom is -0.378 e. The van der Waals surface area contributed by atoms with Crippen LogP contribution in [0.5, 0.6) is 0 Å². The maximum atomic E-state index is 12.2. The maximum absolute atomic E-state index is 12.2. The molecule has 1 rings (SSSR count). The van der Waals surface area contributed by atoms with Gasteiger partial charge in [0.15, 0.2) is 0 Å². The van der Waals surface area contributed by atoms with Crippen LogP contribution in [0.4, 0.5) is 0 Å². The largest absolute Gasteiger partial charge is 0.378 e. The Kier molecular flexibility index (Phi) is 5.77. The van der Waals surface area contributed by atoms with Gasteiger partial charge in [0.05, 0.1) is 18.6 Å². The van der Waals surface area contributed by atoms with E-state index in [-0.39, 0.29) is 17.9 Å². The van der Waals surface area contributed by atoms with E-state index in [0.29, 0.717) is 19.7 Å². The van der Waals surface area contributed by atoms with Crippen LogP contribution < -0.4 is 5.73 Å². The van der Waals surface area contributed by atoms with Gasteiger partial charge in [-0.1, -0.05) is 13.3 Å². The first-order chi connectivity index (χ1) is 7.69. The number of ether oxygens (including phenoxy) is 1. The third-order valence-corrected chi connectivity index (χ3v) is 3.04. The first kappa shape index (κ1) is 13.5. The SMILES string of the molecule is CCCCN(CCN)C(=O)C1COC(C)C1. The molecule has 0 saturated carbocycles. The summed E-state index contributed by atoms with van der Waals surface area (Å²) in [6.07, 6.45) is 3.23. The van der Waals surface area contributed by atoms with Gasteiger partial charge in [-0.25, -0.2) is 0 Å². The Morgan fingerprint density at radius 3 is 2.75 bits per heavy atom. The number of carbonyl (C=O) groups excluding carboxylic acids is 1. The molecule has 0 aliphatic carbocycles. The molecule has 16 heavy (non-hydrogen) atoms. The van der Waals surface area contributed by atoms with Gasteiger partial charge >= 0.3 is 0 Å². The van der Waals surface area contributed by atoms with Crippen LogP contribution in [0.1, 0.15) is 33.1 Å². The van der Waals surface area contributed by atoms with Gasteiger partial charge in [0.2, 0.25) is 5.91 Å². The summed E-state index contributed by atoms with van der Waals surface area (Å²) in [7, 11) is 0. The quantitative estimate of drug-likeness (QED) is 0.738. The van der Waals surface area contributed by atoms with Gasteiger partial charge < -0.3 is 15.4 Å². The molecule has 1 fully saturated rings. The summed E-state index contributed by atoms with van der Waals surface area (Å²) in [5.41, 5.74) is 5.54. The van der Waals surface area contributed by atoms with E-state index in [9.17, 15) is 4.79 Å². The van der Waals surface area contributed by atoms with Gasteiger partial charge in [0.1, 0.15) is 0 Å². The van der Waals surface area contributed by atoms with E-state index in [1.165, 1.54) is 0 Å². The van der Waals surface area contributed by atoms with Crippen molar-refractivity contribution in [2.24, 2.45) is 11.7 Å². The van der Waals surface area contributed by atoms with Crippen LogP contribution in [0.3, 0.4) is 0 Å². The molecule has 4 nitrogen and oxygen atoms in total. The lowest BCUT2D eigenvalue weighted by Gasteiger charge is -2.24. The Labute approximate surface area is 98.1 Å². The summed E-state index contributed by atoms with van der Waals surface area (Å²) < 4.78 is 5.44. The Morgan fingerprint density at radius 2 is 2.25 bits per heavy atom. The smallest absolute Gasteiger partial charge is 0.228 e. The summed E-state index contributed by atoms with van der Waals surface area (Å²) in [5.74, 6) is 0.279. The highest BCUT2D eigenvalue weighted by Crippen LogP contribution is 2.21. The van der Waals surface area contributed by atoms with Crippen LogP contribution in [0.2, 0.25) is 0 Å². The Morgan fingerprint density at radius 1 is 1.50 bits per heavy atom. The van der Waals surface area contributed by atoms with Crippen molar-refractivity contribution in [1.82, 2.24) is 4.90 Å². The standard InChI is InChI=1S/C12H24N2O2/c1-3-4-6-14(7-5-13)12(15)11-8-10(2)16-9-11/h10-11H,3-9,13H2,1-2H3. The molecule has 0 aromatic heterocycles. The molecule has 1 aliphatic heterocycles. The second-order valence-corrected chi connectivity index (χ2v) is 4.54. The molecule has 1 aliphatic rings. The van der Waals surface area contributed by atoms with Crippen LogP contribution in [0.25, 0.3) is 0 Å². The molecular formula is C12H24N2O2. The van der Waals surface area contributed by atoms with Gasteiger partial charge in [-0.15, -0.1) is 0 Å². The fourth-order valence-corrected chi connectivity index (χ4v) is 2.08. The van der Waals surface area contributed by atoms with Crippen molar-refractivity contribution in [2.75, 3.05) is 26.2 Å². The van der Waals surface area contributed by atoms with Crippen molar-refractivity contribution < 1.29 is 9.53 Å². The van der Waals surface area contributed by atoms with Crippen LogP contribution >= 0.6 is 0 Å². The molecule has 1 amide bonds. The normalized spacial score (nSPS) is 24.7. The Balaban J connectivity index is 2.45. The molecule has 0 radical (unpaired) electrons. The van der Waals surface area contributed by atoms with Gasteiger partial charge in [0, 0.05) is 19.6 Å². The number of nitrogens with zero attached hydrogens (tertiary/aromatic N) is 1. The minimum atomic E-state index is 0.0541. The molecule has 0 aromatic carbocycles. The zero-order valence-corrected chi connectivity index (χ0v) is 10.4. The van der Waals surface area contributed by atoms with E-state index in [4.69, 9.17) is 10.5 Å². The van der Waals surface area contributed by atoms with Crippen molar-refractivity contribution in [3.05, 3.63) is 0 Å². The zero-order valence-electron chi connectivity index (χ0n) is 10.4. The third-order valence-electron chi connectivity index (χ3n) is 3.04. The summed E-state index contributed by atoms with van der Waals surface area (Å²) in [4.78, 5) is 14.1. The van der Waals surface area contributed by atoms with Crippen LogP contribution in [0, 0.1) is 5.92 Å². The van der Waals surface area contributed by atoms with Crippen molar-refractivity contribution in [3.8, 4) is 0 Å². The highest BCUT2D eigenvalue weighted by Gasteiger charge is 2.30. The highest BCUT2D eigenvalue weighted by molar-refractivity contribution is 5.79. The van der Waals surface area contributed by atoms with E-state index in [2.05, 4.69) is 6.92 Å². The molecule has 2 atom stereocenters. The van der Waals surface area contributed by atoms with Crippen LogP contribution in [-0.2, 0) is 9.53 Å². The van der Waals surface area contributed by atoms with Crippen molar-refractivity contribution in [3.63, 3.8) is 0 Å². The molecule has 2 N–H and O–H groups in total. The number of nitrogens with two attached hydrogens (primary N) is 1. The summed E-state index contributed by atoms with van der Waals surface area (Å²) >= 11 is 0. The monoisotopic (exact) mass is 228 g/mol. The number of amides is 1. The fourth-order valence-electron chi connectivity index (χ4n) is 2.08. The van der Waals surface area contributed by atoms with E-state index in [1.54, 1.807) is 0 Å². The Hall–Kier alpha value is -0.610. The lowest BCUT2D eigenvalue weighted by Crippen LogP contribution is -2.40. The molecule has 0 spiro atoms. The molecule has 1 saturated heterocycles. The number of carbonyl (C=O) groups is 1. The first-order valence-electron chi connectivity index (χ1n) is 6.29. The van der Waals surface area contributed by atoms with Crippen LogP contribution in [0.15, 0.2) is 0 Å². The number of unbranched alkanes of at least 4 members (excludes halogenated alkanes) is 1. The summed E-state index contributed by atoms with van der Waals surface area (Å²) in [6.45, 7) is 6.77. The minimum absolute atomic E-state index is 0.0541. The van der Waals surface area contributed by atoms with E-state index in [1.807, 2.05) is 11.8 Å². The molecule has 0 bridgehead atoms. The lowest BCUT2D eigenvalue weighted by molar-refractivity contribution is -0.135. The van der Waals surface area contributed by atoms with E-state index in [0.717, 1.165) is 25.8 Å². The summed E-state index contributed by atoms with van der Waals surface area (Å²) in [6, 6.07) is 0. The maximum Gasteiger partial charge on any atom is 0.228 e. The zero-order chi connectivity index (χ0) is 12.0. The summed E-state index contributed by atoms with van der Waals surface area (Å²) in [5, 5.41) is 0. The topological polar surface area (TPSA) is 55.6 Å². The van der Waals surface area contributed by atoms with E-state index < -0.39 is 0 Å². The van der Waals surface area contributed by atoms with Crippen LogP contribution in [-0.4, -0.2) is 43.2 Å². The molecule has 0 aromatic rings. The molecule has 94 valence electrons. The molecule has 4 heteroatoms. The van der Waals surface area contributed by atoms with Gasteiger partial charge in [0.25, 0.3) is 0 Å². The number of hydrogen-bond donors (Lipinski definition) is 1. The van der Waals surface area contributed by atoms with Gasteiger partial charge in [-0.05, 0) is 19.8 Å². The average Bonchev–Trinajstić information content (AvgIpc) is 2.70. The molecule has 2 unspecified atom stereocenters. The van der Waals surface area contributed by atoms with Crippen molar-refractivity contribution >= 4 is 5.91 Å². The second kappa shape index (κ2) is 6.86. The molecule has 1 heterocycles. The first-order valence-corrected chi connectivity index (χ1v) is 6.29. The fraction of sp³-hybridized carbons (Fsp3) is 0.917. The van der Waals surface area contributed by atoms with E-state index >= 15 is 0 Å². The Bertz CT molecular complexity index is 221. The highest BCUT2D eigenvalue weighted by atomic mass is 16.5. The van der Waals surface area contributed by atoms with Gasteiger partial charge in [-0.2, -0.15) is 0 Å². The third kappa shape index (κ3) is 3.76. The number of rotatable bonds is 6. The number of hydrogen-bond acceptors (Lipinski definition) is 3. The van der Waals surface area contributed by atoms with Crippen molar-refractivity contribution in [1.29, 1.82) is 0 Å². The predicted molar refractivity (Wildman–Crippen MR) is 64.1 cm³/mol. The van der Waals surface area contributed by atoms with Crippen molar-refractivity contribution in [2.45, 2.75) is 39.2 Å². The predicted octanol–water partition coefficient (Wildman–Crippen LogP) is 0.999. The molecular weight excluding hydrogens is 204 g/mol. The van der Waals surface area contributed by atoms with Gasteiger partial charge in [-0.3, -0.25) is 4.79 Å². The second-order valence-electron chi connectivity index (χ2n) is 4.54. The average molecular weight is 228 g/mol.